The molecule has 2 atom stereocenters. The van der Waals surface area contributed by atoms with Gasteiger partial charge in [-0.15, -0.1) is 0 Å². The van der Waals surface area contributed by atoms with Crippen LogP contribution in [0.15, 0.2) is 35.1 Å². The van der Waals surface area contributed by atoms with E-state index in [-0.39, 0.29) is 12.0 Å². The molecule has 0 aromatic heterocycles. The molecule has 1 amide bonds. The second-order valence-corrected chi connectivity index (χ2v) is 9.53. The molecule has 0 saturated carbocycles. The summed E-state index contributed by atoms with van der Waals surface area (Å²) in [6.07, 6.45) is 6.47. The lowest BCUT2D eigenvalue weighted by molar-refractivity contribution is -0.130. The Labute approximate surface area is 203 Å². The van der Waals surface area contributed by atoms with E-state index in [1.807, 2.05) is 17.0 Å². The summed E-state index contributed by atoms with van der Waals surface area (Å²) in [6, 6.07) is 3.97. The number of rotatable bonds is 10. The number of allylic oxidation sites excluding steroid dienone is 2. The van der Waals surface area contributed by atoms with Crippen molar-refractivity contribution >= 4 is 5.91 Å². The normalized spacial score (nSPS) is 22.0. The van der Waals surface area contributed by atoms with E-state index in [9.17, 15) is 4.79 Å². The molecule has 1 heterocycles. The van der Waals surface area contributed by atoms with Crippen LogP contribution in [0.25, 0.3) is 0 Å². The average molecular weight is 471 g/mol. The second-order valence-electron chi connectivity index (χ2n) is 9.53. The van der Waals surface area contributed by atoms with Crippen molar-refractivity contribution in [2.75, 3.05) is 61.7 Å². The van der Waals surface area contributed by atoms with Gasteiger partial charge in [0.25, 0.3) is 0 Å². The van der Waals surface area contributed by atoms with Gasteiger partial charge in [0.2, 0.25) is 5.91 Å². The molecule has 0 fully saturated rings. The summed E-state index contributed by atoms with van der Waals surface area (Å²) in [5.74, 6) is 3.13. The van der Waals surface area contributed by atoms with Crippen LogP contribution in [0.4, 0.5) is 0 Å². The molecule has 34 heavy (non-hydrogen) atoms. The van der Waals surface area contributed by atoms with E-state index in [2.05, 4.69) is 18.0 Å². The summed E-state index contributed by atoms with van der Waals surface area (Å²) in [6.45, 7) is 3.56. The van der Waals surface area contributed by atoms with Crippen LogP contribution in [0.3, 0.4) is 0 Å². The Morgan fingerprint density at radius 2 is 1.76 bits per heavy atom. The van der Waals surface area contributed by atoms with Crippen molar-refractivity contribution in [3.63, 3.8) is 0 Å². The molecule has 186 valence electrons. The quantitative estimate of drug-likeness (QED) is 0.523. The zero-order chi connectivity index (χ0) is 24.2. The summed E-state index contributed by atoms with van der Waals surface area (Å²) < 4.78 is 22.0. The number of amides is 1. The van der Waals surface area contributed by atoms with Gasteiger partial charge in [0.05, 0.1) is 27.8 Å². The number of methoxy groups -OCH3 is 4. The van der Waals surface area contributed by atoms with Crippen molar-refractivity contribution in [1.82, 2.24) is 9.80 Å². The lowest BCUT2D eigenvalue weighted by Gasteiger charge is -2.40. The first kappa shape index (κ1) is 24.6. The Kier molecular flexibility index (Phi) is 7.84. The summed E-state index contributed by atoms with van der Waals surface area (Å²) in [7, 11) is 8.93. The van der Waals surface area contributed by atoms with Crippen molar-refractivity contribution in [2.24, 2.45) is 5.92 Å². The van der Waals surface area contributed by atoms with E-state index >= 15 is 0 Å². The summed E-state index contributed by atoms with van der Waals surface area (Å²) in [5, 5.41) is 0. The third kappa shape index (κ3) is 5.10. The predicted octanol–water partition coefficient (Wildman–Crippen LogP) is 3.22. The lowest BCUT2D eigenvalue weighted by atomic mass is 9.71. The summed E-state index contributed by atoms with van der Waals surface area (Å²) in [5.41, 5.74) is 5.16. The molecule has 7 heteroatoms. The Bertz CT molecular complexity index is 970. The number of carbonyl (C=O) groups is 1. The fourth-order valence-corrected chi connectivity index (χ4v) is 5.48. The topological polar surface area (TPSA) is 60.5 Å². The Balaban J connectivity index is 1.26. The number of nitrogens with zero attached hydrogens (tertiary/aromatic N) is 2. The van der Waals surface area contributed by atoms with Gasteiger partial charge in [-0.05, 0) is 73.7 Å². The minimum Gasteiger partial charge on any atom is -0.498 e. The fraction of sp³-hybridized carbons (Fsp3) is 0.593. The predicted molar refractivity (Wildman–Crippen MR) is 131 cm³/mol. The van der Waals surface area contributed by atoms with E-state index in [4.69, 9.17) is 18.9 Å². The maximum Gasteiger partial charge on any atom is 0.227 e. The van der Waals surface area contributed by atoms with E-state index in [0.29, 0.717) is 18.1 Å². The van der Waals surface area contributed by atoms with Crippen LogP contribution in [0.2, 0.25) is 0 Å². The van der Waals surface area contributed by atoms with Crippen LogP contribution in [-0.2, 0) is 27.1 Å². The Hall–Kier alpha value is -2.51. The molecule has 2 aliphatic carbocycles. The Morgan fingerprint density at radius 1 is 1.03 bits per heavy atom. The summed E-state index contributed by atoms with van der Waals surface area (Å²) in [4.78, 5) is 17.3. The van der Waals surface area contributed by atoms with Crippen molar-refractivity contribution in [2.45, 2.75) is 38.2 Å². The number of carbonyl (C=O) groups excluding carboxylic acids is 1. The molecular weight excluding hydrogens is 432 g/mol. The first-order valence-electron chi connectivity index (χ1n) is 12.2. The SMILES string of the molecule is COC1=CC2=C(CC1OC)[C@@H](CN(C)CCCN1CCc3cc(OC)c(OC)cc3CC1=O)C2. The van der Waals surface area contributed by atoms with Gasteiger partial charge in [0.1, 0.15) is 11.9 Å². The van der Waals surface area contributed by atoms with Crippen LogP contribution in [0.1, 0.15) is 30.4 Å². The highest BCUT2D eigenvalue weighted by Gasteiger charge is 2.35. The fourth-order valence-electron chi connectivity index (χ4n) is 5.48. The molecule has 0 saturated heterocycles. The first-order chi connectivity index (χ1) is 16.5. The number of ether oxygens (including phenoxy) is 4. The van der Waals surface area contributed by atoms with E-state index in [0.717, 1.165) is 68.9 Å². The van der Waals surface area contributed by atoms with Gasteiger partial charge in [-0.1, -0.05) is 5.57 Å². The van der Waals surface area contributed by atoms with E-state index < -0.39 is 0 Å². The van der Waals surface area contributed by atoms with Crippen LogP contribution >= 0.6 is 0 Å². The van der Waals surface area contributed by atoms with Crippen molar-refractivity contribution < 1.29 is 23.7 Å². The number of hydrogen-bond acceptors (Lipinski definition) is 6. The average Bonchev–Trinajstić information content (AvgIpc) is 2.98. The molecule has 0 bridgehead atoms. The van der Waals surface area contributed by atoms with Crippen molar-refractivity contribution in [3.8, 4) is 11.5 Å². The molecule has 1 aromatic rings. The number of benzene rings is 1. The zero-order valence-corrected chi connectivity index (χ0v) is 21.2. The molecule has 4 rings (SSSR count). The van der Waals surface area contributed by atoms with E-state index in [1.165, 1.54) is 16.7 Å². The molecule has 1 aromatic carbocycles. The third-order valence-electron chi connectivity index (χ3n) is 7.48. The number of fused-ring (bicyclic) bond motifs is 1. The third-order valence-corrected chi connectivity index (χ3v) is 7.48. The van der Waals surface area contributed by atoms with Gasteiger partial charge in [-0.3, -0.25) is 4.79 Å². The molecule has 0 spiro atoms. The highest BCUT2D eigenvalue weighted by Crippen LogP contribution is 2.44. The minimum absolute atomic E-state index is 0.0370. The molecule has 3 aliphatic rings. The maximum atomic E-state index is 12.9. The zero-order valence-electron chi connectivity index (χ0n) is 21.2. The van der Waals surface area contributed by atoms with Crippen molar-refractivity contribution in [1.29, 1.82) is 0 Å². The lowest BCUT2D eigenvalue weighted by Crippen LogP contribution is -2.38. The standard InChI is InChI=1S/C27H38N2O5/c1-28(17-21-11-20-14-25(33-4)26(34-5)16-22(20)21)8-6-9-29-10-7-18-12-23(31-2)24(32-3)13-19(18)15-27(29)30/h12-14,21,26H,6-11,15-17H2,1-5H3/t21-,26?/m1/s1. The van der Waals surface area contributed by atoms with Crippen molar-refractivity contribution in [3.05, 3.63) is 46.2 Å². The minimum atomic E-state index is 0.0370. The van der Waals surface area contributed by atoms with Gasteiger partial charge in [-0.25, -0.2) is 0 Å². The molecule has 0 N–H and O–H groups in total. The second kappa shape index (κ2) is 10.8. The van der Waals surface area contributed by atoms with Gasteiger partial charge in [0, 0.05) is 33.2 Å². The molecule has 7 nitrogen and oxygen atoms in total. The first-order valence-corrected chi connectivity index (χ1v) is 12.2. The summed E-state index contributed by atoms with van der Waals surface area (Å²) >= 11 is 0. The highest BCUT2D eigenvalue weighted by molar-refractivity contribution is 5.80. The van der Waals surface area contributed by atoms with Crippen LogP contribution < -0.4 is 9.47 Å². The van der Waals surface area contributed by atoms with Gasteiger partial charge >= 0.3 is 0 Å². The van der Waals surface area contributed by atoms with Crippen LogP contribution in [0, 0.1) is 5.92 Å². The molecule has 0 radical (unpaired) electrons. The monoisotopic (exact) mass is 470 g/mol. The maximum absolute atomic E-state index is 12.9. The number of hydrogen-bond donors (Lipinski definition) is 0. The Morgan fingerprint density at radius 3 is 2.44 bits per heavy atom. The van der Waals surface area contributed by atoms with E-state index in [1.54, 1.807) is 28.4 Å². The van der Waals surface area contributed by atoms with Gasteiger partial charge in [0.15, 0.2) is 11.5 Å². The largest absolute Gasteiger partial charge is 0.498 e. The van der Waals surface area contributed by atoms with Crippen LogP contribution in [-0.4, -0.2) is 83.5 Å². The smallest absolute Gasteiger partial charge is 0.227 e. The molecule has 1 unspecified atom stereocenters. The van der Waals surface area contributed by atoms with Crippen LogP contribution in [0.5, 0.6) is 11.5 Å². The van der Waals surface area contributed by atoms with Gasteiger partial charge in [-0.2, -0.15) is 0 Å². The highest BCUT2D eigenvalue weighted by atomic mass is 16.5. The molecule has 1 aliphatic heterocycles. The molecular formula is C27H38N2O5. The van der Waals surface area contributed by atoms with Gasteiger partial charge < -0.3 is 28.7 Å².